The molecule has 2 heterocycles. The van der Waals surface area contributed by atoms with Crippen molar-refractivity contribution in [2.75, 3.05) is 27.3 Å². The second-order valence-electron chi connectivity index (χ2n) is 9.74. The highest BCUT2D eigenvalue weighted by molar-refractivity contribution is 5.94. The van der Waals surface area contributed by atoms with Crippen molar-refractivity contribution in [1.82, 2.24) is 20.0 Å². The molecule has 1 saturated heterocycles. The van der Waals surface area contributed by atoms with Crippen molar-refractivity contribution in [3.05, 3.63) is 95.7 Å². The lowest BCUT2D eigenvalue weighted by Gasteiger charge is -2.32. The van der Waals surface area contributed by atoms with Crippen LogP contribution in [0.4, 0.5) is 0 Å². The molecular weight excluding hydrogens is 476 g/mol. The number of nitrogens with zero attached hydrogens (tertiary/aromatic N) is 3. The number of likely N-dealkylation sites (tertiary alicyclic amines) is 1. The Bertz CT molecular complexity index is 1370. The molecule has 38 heavy (non-hydrogen) atoms. The fourth-order valence-electron chi connectivity index (χ4n) is 4.90. The van der Waals surface area contributed by atoms with Gasteiger partial charge in [-0.2, -0.15) is 5.10 Å². The monoisotopic (exact) mass is 510 g/mol. The van der Waals surface area contributed by atoms with Gasteiger partial charge in [0.25, 0.3) is 5.91 Å². The van der Waals surface area contributed by atoms with Crippen LogP contribution in [0.5, 0.6) is 11.5 Å². The molecular formula is C31H34N4O3. The maximum atomic E-state index is 13.6. The van der Waals surface area contributed by atoms with Crippen molar-refractivity contribution in [3.63, 3.8) is 0 Å². The normalized spacial score (nSPS) is 14.3. The fraction of sp³-hybridized carbons (Fsp3) is 0.290. The summed E-state index contributed by atoms with van der Waals surface area (Å²) in [5, 5.41) is 8.12. The van der Waals surface area contributed by atoms with Crippen molar-refractivity contribution < 1.29 is 14.3 Å². The number of hydrogen-bond acceptors (Lipinski definition) is 5. The lowest BCUT2D eigenvalue weighted by Crippen LogP contribution is -2.44. The molecule has 3 aromatic carbocycles. The van der Waals surface area contributed by atoms with Crippen LogP contribution in [-0.2, 0) is 6.54 Å². The first-order valence-corrected chi connectivity index (χ1v) is 13.0. The van der Waals surface area contributed by atoms with Gasteiger partial charge in [0.2, 0.25) is 0 Å². The van der Waals surface area contributed by atoms with Gasteiger partial charge in [-0.3, -0.25) is 9.69 Å². The fourth-order valence-corrected chi connectivity index (χ4v) is 4.90. The number of carbonyl (C=O) groups excluding carboxylic acids is 1. The molecule has 7 heteroatoms. The lowest BCUT2D eigenvalue weighted by atomic mass is 10.0. The Morgan fingerprint density at radius 2 is 1.68 bits per heavy atom. The summed E-state index contributed by atoms with van der Waals surface area (Å²) in [7, 11) is 3.24. The van der Waals surface area contributed by atoms with Gasteiger partial charge in [-0.1, -0.05) is 48.0 Å². The minimum atomic E-state index is -0.127. The van der Waals surface area contributed by atoms with E-state index in [2.05, 4.69) is 34.5 Å². The first-order chi connectivity index (χ1) is 18.5. The number of aryl methyl sites for hydroxylation is 1. The van der Waals surface area contributed by atoms with E-state index in [0.29, 0.717) is 22.9 Å². The summed E-state index contributed by atoms with van der Waals surface area (Å²) in [5.74, 6) is 1.20. The number of ether oxygens (including phenoxy) is 2. The highest BCUT2D eigenvalue weighted by atomic mass is 16.5. The summed E-state index contributed by atoms with van der Waals surface area (Å²) in [5.41, 5.74) is 5.24. The molecule has 1 aromatic heterocycles. The van der Waals surface area contributed by atoms with Gasteiger partial charge in [-0.05, 0) is 55.7 Å². The Kier molecular flexibility index (Phi) is 7.75. The highest BCUT2D eigenvalue weighted by Gasteiger charge is 2.25. The summed E-state index contributed by atoms with van der Waals surface area (Å²) in [6.45, 7) is 4.88. The summed E-state index contributed by atoms with van der Waals surface area (Å²) < 4.78 is 12.7. The minimum absolute atomic E-state index is 0.120. The molecule has 5 rings (SSSR count). The summed E-state index contributed by atoms with van der Waals surface area (Å²) in [6.07, 6.45) is 1.83. The number of rotatable bonds is 8. The van der Waals surface area contributed by atoms with E-state index < -0.39 is 0 Å². The van der Waals surface area contributed by atoms with E-state index >= 15 is 0 Å². The van der Waals surface area contributed by atoms with Crippen molar-refractivity contribution >= 4 is 5.91 Å². The summed E-state index contributed by atoms with van der Waals surface area (Å²) in [4.78, 5) is 16.1. The first kappa shape index (κ1) is 25.5. The number of nitrogens with one attached hydrogen (secondary N) is 1. The molecule has 1 amide bonds. The quantitative estimate of drug-likeness (QED) is 0.350. The molecule has 0 atom stereocenters. The zero-order chi connectivity index (χ0) is 26.5. The Hall–Kier alpha value is -4.10. The Morgan fingerprint density at radius 1 is 0.947 bits per heavy atom. The van der Waals surface area contributed by atoms with Gasteiger partial charge in [-0.25, -0.2) is 4.68 Å². The van der Waals surface area contributed by atoms with Gasteiger partial charge in [0.05, 0.1) is 25.6 Å². The van der Waals surface area contributed by atoms with E-state index in [0.717, 1.165) is 49.3 Å². The van der Waals surface area contributed by atoms with Crippen molar-refractivity contribution in [1.29, 1.82) is 0 Å². The molecule has 0 aliphatic carbocycles. The molecule has 196 valence electrons. The second-order valence-corrected chi connectivity index (χ2v) is 9.74. The largest absolute Gasteiger partial charge is 0.497 e. The number of methoxy groups -OCH3 is 2. The predicted molar refractivity (Wildman–Crippen MR) is 149 cm³/mol. The summed E-state index contributed by atoms with van der Waals surface area (Å²) >= 11 is 0. The predicted octanol–water partition coefficient (Wildman–Crippen LogP) is 5.26. The zero-order valence-corrected chi connectivity index (χ0v) is 22.2. The number of hydrogen-bond donors (Lipinski definition) is 1. The van der Waals surface area contributed by atoms with Gasteiger partial charge in [0, 0.05) is 37.3 Å². The van der Waals surface area contributed by atoms with Crippen LogP contribution in [0.1, 0.15) is 34.5 Å². The molecule has 0 radical (unpaired) electrons. The third-order valence-electron chi connectivity index (χ3n) is 7.08. The third kappa shape index (κ3) is 5.73. The van der Waals surface area contributed by atoms with Gasteiger partial charge in [0.1, 0.15) is 17.2 Å². The zero-order valence-electron chi connectivity index (χ0n) is 22.2. The molecule has 1 fully saturated rings. The van der Waals surface area contributed by atoms with E-state index in [1.807, 2.05) is 61.5 Å². The number of aromatic nitrogens is 2. The Labute approximate surface area is 224 Å². The van der Waals surface area contributed by atoms with Crippen LogP contribution in [0, 0.1) is 6.92 Å². The smallest absolute Gasteiger partial charge is 0.270 e. The van der Waals surface area contributed by atoms with Crippen LogP contribution in [0.15, 0.2) is 78.9 Å². The van der Waals surface area contributed by atoms with Gasteiger partial charge >= 0.3 is 0 Å². The molecule has 1 aliphatic heterocycles. The second kappa shape index (κ2) is 11.5. The van der Waals surface area contributed by atoms with Crippen molar-refractivity contribution in [2.45, 2.75) is 32.4 Å². The molecule has 0 bridgehead atoms. The number of carbonyl (C=O) groups is 1. The van der Waals surface area contributed by atoms with E-state index in [9.17, 15) is 4.79 Å². The lowest BCUT2D eigenvalue weighted by molar-refractivity contribution is 0.0901. The molecule has 7 nitrogen and oxygen atoms in total. The number of piperidine rings is 1. The Balaban J connectivity index is 1.36. The average molecular weight is 511 g/mol. The van der Waals surface area contributed by atoms with E-state index in [-0.39, 0.29) is 11.9 Å². The maximum absolute atomic E-state index is 13.6. The molecule has 1 aliphatic rings. The Morgan fingerprint density at radius 3 is 2.37 bits per heavy atom. The van der Waals surface area contributed by atoms with Crippen LogP contribution in [0.2, 0.25) is 0 Å². The first-order valence-electron chi connectivity index (χ1n) is 13.0. The van der Waals surface area contributed by atoms with Gasteiger partial charge in [-0.15, -0.1) is 0 Å². The number of benzene rings is 3. The standard InChI is InChI=1S/C31H34N4O3/c1-22-9-11-25(12-10-22)35-29(20-28(33-35)27-14-13-26(37-2)19-30(27)38-3)31(36)32-24-15-17-34(18-16-24)21-23-7-5-4-6-8-23/h4-14,19-20,24H,15-18,21H2,1-3H3,(H,32,36). The van der Waals surface area contributed by atoms with Crippen molar-refractivity contribution in [3.8, 4) is 28.4 Å². The maximum Gasteiger partial charge on any atom is 0.270 e. The van der Waals surface area contributed by atoms with Crippen LogP contribution in [0.25, 0.3) is 16.9 Å². The number of amides is 1. The van der Waals surface area contributed by atoms with Crippen LogP contribution in [0.3, 0.4) is 0 Å². The topological polar surface area (TPSA) is 68.6 Å². The average Bonchev–Trinajstić information content (AvgIpc) is 3.40. The van der Waals surface area contributed by atoms with Crippen molar-refractivity contribution in [2.24, 2.45) is 0 Å². The van der Waals surface area contributed by atoms with E-state index in [4.69, 9.17) is 14.6 Å². The minimum Gasteiger partial charge on any atom is -0.497 e. The van der Waals surface area contributed by atoms with Crippen LogP contribution in [-0.4, -0.2) is 53.9 Å². The molecule has 0 spiro atoms. The van der Waals surface area contributed by atoms with E-state index in [1.54, 1.807) is 18.9 Å². The highest BCUT2D eigenvalue weighted by Crippen LogP contribution is 2.33. The van der Waals surface area contributed by atoms with Gasteiger partial charge < -0.3 is 14.8 Å². The third-order valence-corrected chi connectivity index (χ3v) is 7.08. The van der Waals surface area contributed by atoms with E-state index in [1.165, 1.54) is 5.56 Å². The molecule has 0 unspecified atom stereocenters. The molecule has 1 N–H and O–H groups in total. The van der Waals surface area contributed by atoms with Crippen LogP contribution >= 0.6 is 0 Å². The SMILES string of the molecule is COc1ccc(-c2cc(C(=O)NC3CCN(Cc4ccccc4)CC3)n(-c3ccc(C)cc3)n2)c(OC)c1. The molecule has 0 saturated carbocycles. The summed E-state index contributed by atoms with van der Waals surface area (Å²) in [6, 6.07) is 26.1. The molecule has 4 aromatic rings. The van der Waals surface area contributed by atoms with Crippen LogP contribution < -0.4 is 14.8 Å². The van der Waals surface area contributed by atoms with Gasteiger partial charge in [0.15, 0.2) is 0 Å².